The summed E-state index contributed by atoms with van der Waals surface area (Å²) >= 11 is 0. The van der Waals surface area contributed by atoms with Crippen LogP contribution in [0.5, 0.6) is 5.75 Å². The largest absolute Gasteiger partial charge is 0.508 e. The van der Waals surface area contributed by atoms with Crippen molar-refractivity contribution in [1.82, 2.24) is 0 Å². The molecule has 2 aliphatic rings. The van der Waals surface area contributed by atoms with Crippen LogP contribution in [0.1, 0.15) is 17.2 Å². The van der Waals surface area contributed by atoms with Crippen molar-refractivity contribution in [3.8, 4) is 5.75 Å². The normalized spacial score (nSPS) is 23.2. The number of aryl methyl sites for hydroxylation is 1. The van der Waals surface area contributed by atoms with Crippen LogP contribution < -0.4 is 9.96 Å². The topological polar surface area (TPSA) is 70.1 Å². The zero-order chi connectivity index (χ0) is 20.8. The number of hydrogen-bond donors (Lipinski definition) is 1. The first-order valence-corrected chi connectivity index (χ1v) is 9.79. The number of nitrogens with zero attached hydrogens (tertiary/aromatic N) is 2. The van der Waals surface area contributed by atoms with Gasteiger partial charge in [0.25, 0.3) is 5.91 Å². The Morgan fingerprint density at radius 1 is 0.800 bits per heavy atom. The van der Waals surface area contributed by atoms with Crippen LogP contribution in [-0.2, 0) is 14.4 Å². The third-order valence-electron chi connectivity index (χ3n) is 5.65. The summed E-state index contributed by atoms with van der Waals surface area (Å²) in [7, 11) is 0. The first-order chi connectivity index (χ1) is 14.5. The Kier molecular flexibility index (Phi) is 4.29. The summed E-state index contributed by atoms with van der Waals surface area (Å²) < 4.78 is 0. The number of amides is 2. The Morgan fingerprint density at radius 2 is 1.47 bits per heavy atom. The molecule has 2 saturated heterocycles. The van der Waals surface area contributed by atoms with Gasteiger partial charge < -0.3 is 5.11 Å². The van der Waals surface area contributed by atoms with Crippen LogP contribution in [0.25, 0.3) is 0 Å². The number of phenolic OH excluding ortho intramolecular Hbond substituents is 1. The number of imide groups is 1. The molecule has 6 heteroatoms. The molecule has 30 heavy (non-hydrogen) atoms. The highest BCUT2D eigenvalue weighted by atomic mass is 16.7. The van der Waals surface area contributed by atoms with E-state index in [9.17, 15) is 14.7 Å². The second-order valence-corrected chi connectivity index (χ2v) is 7.60. The highest BCUT2D eigenvalue weighted by molar-refractivity contribution is 6.23. The van der Waals surface area contributed by atoms with Crippen molar-refractivity contribution in [3.63, 3.8) is 0 Å². The number of carbonyl (C=O) groups is 2. The van der Waals surface area contributed by atoms with Crippen molar-refractivity contribution in [2.24, 2.45) is 5.92 Å². The van der Waals surface area contributed by atoms with Crippen molar-refractivity contribution in [3.05, 3.63) is 90.0 Å². The number of anilines is 2. The molecule has 0 bridgehead atoms. The lowest BCUT2D eigenvalue weighted by Crippen LogP contribution is -2.37. The van der Waals surface area contributed by atoms with Gasteiger partial charge in [0.15, 0.2) is 6.10 Å². The summed E-state index contributed by atoms with van der Waals surface area (Å²) in [4.78, 5) is 34.0. The van der Waals surface area contributed by atoms with Crippen LogP contribution in [0.15, 0.2) is 78.9 Å². The van der Waals surface area contributed by atoms with E-state index in [0.29, 0.717) is 5.69 Å². The molecule has 3 aromatic rings. The van der Waals surface area contributed by atoms with Crippen LogP contribution >= 0.6 is 0 Å². The zero-order valence-corrected chi connectivity index (χ0v) is 16.3. The third kappa shape index (κ3) is 2.84. The van der Waals surface area contributed by atoms with E-state index in [1.165, 1.54) is 4.90 Å². The molecule has 0 spiro atoms. The summed E-state index contributed by atoms with van der Waals surface area (Å²) in [6.45, 7) is 1.95. The molecule has 0 aliphatic carbocycles. The number of hydroxylamine groups is 1. The maximum absolute atomic E-state index is 13.5. The van der Waals surface area contributed by atoms with E-state index in [1.54, 1.807) is 41.5 Å². The number of para-hydroxylation sites is 1. The Morgan fingerprint density at radius 3 is 2.13 bits per heavy atom. The number of carbonyl (C=O) groups excluding carboxylic acids is 2. The van der Waals surface area contributed by atoms with E-state index in [1.807, 2.05) is 49.4 Å². The van der Waals surface area contributed by atoms with Gasteiger partial charge in [-0.2, -0.15) is 0 Å². The molecular formula is C24H20N2O4. The maximum Gasteiger partial charge on any atom is 0.266 e. The Balaban J connectivity index is 1.58. The predicted octanol–water partition coefficient (Wildman–Crippen LogP) is 3.75. The van der Waals surface area contributed by atoms with Gasteiger partial charge in [-0.25, -0.2) is 9.96 Å². The first-order valence-electron chi connectivity index (χ1n) is 9.79. The summed E-state index contributed by atoms with van der Waals surface area (Å²) in [6.07, 6.45) is -0.905. The molecule has 150 valence electrons. The number of rotatable bonds is 3. The molecule has 2 heterocycles. The lowest BCUT2D eigenvalue weighted by molar-refractivity contribution is -0.126. The highest BCUT2D eigenvalue weighted by Crippen LogP contribution is 2.47. The fraction of sp³-hybridized carbons (Fsp3) is 0.167. The van der Waals surface area contributed by atoms with Crippen LogP contribution in [0, 0.1) is 12.8 Å². The SMILES string of the molecule is Cc1ccc(N2C(=O)[C@H]3[C@@H](ON(c4ccccc4)[C@H]3c3ccc(O)cc3)C2=O)cc1. The minimum atomic E-state index is -0.905. The second kappa shape index (κ2) is 7.00. The van der Waals surface area contributed by atoms with Gasteiger partial charge in [-0.3, -0.25) is 14.4 Å². The monoisotopic (exact) mass is 400 g/mol. The quantitative estimate of drug-likeness (QED) is 0.678. The number of hydrogen-bond acceptors (Lipinski definition) is 5. The van der Waals surface area contributed by atoms with Crippen LogP contribution in [0.2, 0.25) is 0 Å². The lowest BCUT2D eigenvalue weighted by Gasteiger charge is -2.28. The smallest absolute Gasteiger partial charge is 0.266 e. The molecule has 0 aromatic heterocycles. The average molecular weight is 400 g/mol. The van der Waals surface area contributed by atoms with Gasteiger partial charge in [0.1, 0.15) is 11.7 Å². The lowest BCUT2D eigenvalue weighted by atomic mass is 9.90. The van der Waals surface area contributed by atoms with Gasteiger partial charge >= 0.3 is 0 Å². The highest BCUT2D eigenvalue weighted by Gasteiger charge is 2.60. The van der Waals surface area contributed by atoms with Crippen LogP contribution in [-0.4, -0.2) is 23.0 Å². The summed E-state index contributed by atoms with van der Waals surface area (Å²) in [6, 6.07) is 22.9. The van der Waals surface area contributed by atoms with Crippen molar-refractivity contribution >= 4 is 23.2 Å². The minimum Gasteiger partial charge on any atom is -0.508 e. The predicted molar refractivity (Wildman–Crippen MR) is 112 cm³/mol. The van der Waals surface area contributed by atoms with Crippen molar-refractivity contribution < 1.29 is 19.5 Å². The number of aromatic hydroxyl groups is 1. The second-order valence-electron chi connectivity index (χ2n) is 7.60. The van der Waals surface area contributed by atoms with E-state index in [-0.39, 0.29) is 17.6 Å². The fourth-order valence-corrected chi connectivity index (χ4v) is 4.17. The molecule has 6 nitrogen and oxygen atoms in total. The van der Waals surface area contributed by atoms with E-state index in [2.05, 4.69) is 0 Å². The fourth-order valence-electron chi connectivity index (χ4n) is 4.17. The van der Waals surface area contributed by atoms with Gasteiger partial charge in [0, 0.05) is 0 Å². The van der Waals surface area contributed by atoms with Crippen molar-refractivity contribution in [2.45, 2.75) is 19.1 Å². The number of benzene rings is 3. The third-order valence-corrected chi connectivity index (χ3v) is 5.65. The van der Waals surface area contributed by atoms with Gasteiger partial charge in [-0.15, -0.1) is 0 Å². The van der Waals surface area contributed by atoms with Gasteiger partial charge in [0.2, 0.25) is 5.91 Å². The summed E-state index contributed by atoms with van der Waals surface area (Å²) in [5.74, 6) is -1.21. The van der Waals surface area contributed by atoms with Gasteiger partial charge in [-0.1, -0.05) is 48.0 Å². The summed E-state index contributed by atoms with van der Waals surface area (Å²) in [5, 5.41) is 11.3. The van der Waals surface area contributed by atoms with Crippen molar-refractivity contribution in [1.29, 1.82) is 0 Å². The van der Waals surface area contributed by atoms with Gasteiger partial charge in [0.05, 0.1) is 17.4 Å². The Hall–Kier alpha value is -3.64. The Bertz CT molecular complexity index is 1100. The van der Waals surface area contributed by atoms with E-state index >= 15 is 0 Å². The molecule has 0 unspecified atom stereocenters. The number of phenols is 1. The van der Waals surface area contributed by atoms with E-state index in [4.69, 9.17) is 4.84 Å². The molecule has 1 N–H and O–H groups in total. The summed E-state index contributed by atoms with van der Waals surface area (Å²) in [5.41, 5.74) is 3.14. The molecule has 3 aromatic carbocycles. The maximum atomic E-state index is 13.5. The molecule has 0 saturated carbocycles. The first kappa shape index (κ1) is 18.4. The molecular weight excluding hydrogens is 380 g/mol. The molecule has 0 radical (unpaired) electrons. The average Bonchev–Trinajstić information content (AvgIpc) is 3.27. The molecule has 2 fully saturated rings. The standard InChI is InChI=1S/C24H20N2O4/c1-15-7-11-17(12-8-15)25-23(28)20-21(16-9-13-19(27)14-10-16)26(30-22(20)24(25)29)18-5-3-2-4-6-18/h2-14,20-22,27H,1H3/t20-,21+,22-/m1/s1. The molecule has 5 rings (SSSR count). The molecule has 3 atom stereocenters. The van der Waals surface area contributed by atoms with Gasteiger partial charge in [-0.05, 0) is 48.9 Å². The molecule has 2 aliphatic heterocycles. The van der Waals surface area contributed by atoms with E-state index < -0.39 is 18.1 Å². The van der Waals surface area contributed by atoms with Crippen LogP contribution in [0.4, 0.5) is 11.4 Å². The zero-order valence-electron chi connectivity index (χ0n) is 16.3. The number of fused-ring (bicyclic) bond motifs is 1. The van der Waals surface area contributed by atoms with E-state index in [0.717, 1.165) is 16.8 Å². The Labute approximate surface area is 173 Å². The molecule has 2 amide bonds. The van der Waals surface area contributed by atoms with Crippen LogP contribution in [0.3, 0.4) is 0 Å². The van der Waals surface area contributed by atoms with Crippen molar-refractivity contribution in [2.75, 3.05) is 9.96 Å². The minimum absolute atomic E-state index is 0.135.